The Hall–Kier alpha value is 0.300. The zero-order valence-electron chi connectivity index (χ0n) is 37.3. The third-order valence-electron chi connectivity index (χ3n) is 10.4. The van der Waals surface area contributed by atoms with E-state index in [0.717, 1.165) is 49.9 Å². The van der Waals surface area contributed by atoms with Crippen LogP contribution in [0.2, 0.25) is 0 Å². The Bertz CT molecular complexity index is 812. The number of aliphatic carboxylic acids is 1. The van der Waals surface area contributed by atoms with Gasteiger partial charge < -0.3 is 14.8 Å². The first-order valence-corrected chi connectivity index (χ1v) is 24.2. The SMILES string of the molecule is CCCCCCCCC(C)CCCCC(=O)O.CCCCCCCCC(C)CCCCCO.CCCCCCCCC(C)CCCCCOS(=O)(=O)[O-].[Na+]. The second-order valence-electron chi connectivity index (χ2n) is 16.3. The number of aliphatic hydroxyl groups is 1. The standard InChI is InChI=1S/C15H32O4S.C15H30O2.C15H32O.Na/c1-3-4-5-6-7-9-12-15(2)13-10-8-11-14-19-20(16,17)18;1-3-4-5-6-7-8-11-14(2)12-9-10-13-15(16)17;1-3-4-5-6-7-9-12-15(2)13-10-8-11-14-16;/h15H,3-14H2,1-2H3,(H,16,17,18);14H,3-13H2,1-2H3,(H,16,17);15-16H,3-14H2,1-2H3;/q;;;+1/p-1. The molecule has 0 fully saturated rings. The first kappa shape index (κ1) is 61.0. The van der Waals surface area contributed by atoms with E-state index < -0.39 is 16.4 Å². The molecule has 0 amide bonds. The summed E-state index contributed by atoms with van der Waals surface area (Å²) in [5.41, 5.74) is 0. The zero-order valence-corrected chi connectivity index (χ0v) is 40.1. The van der Waals surface area contributed by atoms with Gasteiger partial charge in [0.25, 0.3) is 0 Å². The Labute approximate surface area is 360 Å². The Morgan fingerprint density at radius 1 is 0.500 bits per heavy atom. The van der Waals surface area contributed by atoms with Crippen LogP contribution in [0.5, 0.6) is 0 Å². The monoisotopic (exact) mass is 801 g/mol. The molecule has 322 valence electrons. The van der Waals surface area contributed by atoms with E-state index in [1.54, 1.807) is 0 Å². The summed E-state index contributed by atoms with van der Waals surface area (Å²) in [6.07, 6.45) is 40.9. The summed E-state index contributed by atoms with van der Waals surface area (Å²) in [4.78, 5) is 10.3. The van der Waals surface area contributed by atoms with Gasteiger partial charge in [0.1, 0.15) is 0 Å². The van der Waals surface area contributed by atoms with E-state index in [1.807, 2.05) is 0 Å². The largest absolute Gasteiger partial charge is 1.00 e. The number of aliphatic hydroxyl groups excluding tert-OH is 1. The molecule has 9 heteroatoms. The van der Waals surface area contributed by atoms with Gasteiger partial charge in [-0.1, -0.05) is 228 Å². The van der Waals surface area contributed by atoms with Gasteiger partial charge in [0.2, 0.25) is 10.4 Å². The van der Waals surface area contributed by atoms with Gasteiger partial charge in [0.05, 0.1) is 6.61 Å². The molecule has 0 aromatic heterocycles. The van der Waals surface area contributed by atoms with Gasteiger partial charge in [-0.05, 0) is 37.0 Å². The van der Waals surface area contributed by atoms with E-state index in [1.165, 1.54) is 167 Å². The maximum Gasteiger partial charge on any atom is 1.00 e. The summed E-state index contributed by atoms with van der Waals surface area (Å²) in [5, 5.41) is 17.2. The predicted molar refractivity (Wildman–Crippen MR) is 227 cm³/mol. The molecule has 0 saturated heterocycles. The van der Waals surface area contributed by atoms with Crippen LogP contribution in [-0.4, -0.2) is 42.4 Å². The number of carbonyl (C=O) groups is 1. The Morgan fingerprint density at radius 3 is 1.07 bits per heavy atom. The van der Waals surface area contributed by atoms with Gasteiger partial charge in [-0.15, -0.1) is 0 Å². The van der Waals surface area contributed by atoms with Gasteiger partial charge in [-0.25, -0.2) is 8.42 Å². The van der Waals surface area contributed by atoms with Crippen molar-refractivity contribution in [3.63, 3.8) is 0 Å². The molecule has 0 spiro atoms. The fourth-order valence-corrected chi connectivity index (χ4v) is 7.06. The van der Waals surface area contributed by atoms with Crippen molar-refractivity contribution in [3.8, 4) is 0 Å². The average molecular weight is 801 g/mol. The third kappa shape index (κ3) is 61.5. The van der Waals surface area contributed by atoms with Crippen molar-refractivity contribution >= 4 is 16.4 Å². The number of hydrogen-bond donors (Lipinski definition) is 2. The molecule has 54 heavy (non-hydrogen) atoms. The van der Waals surface area contributed by atoms with Crippen molar-refractivity contribution in [2.45, 2.75) is 253 Å². The van der Waals surface area contributed by atoms with Crippen molar-refractivity contribution in [1.29, 1.82) is 0 Å². The molecular formula is C45H93NaO7S. The van der Waals surface area contributed by atoms with Crippen LogP contribution >= 0.6 is 0 Å². The number of carboxylic acids is 1. The summed E-state index contributed by atoms with van der Waals surface area (Å²) in [6.45, 7) is 14.1. The van der Waals surface area contributed by atoms with Gasteiger partial charge in [-0.2, -0.15) is 0 Å². The van der Waals surface area contributed by atoms with Crippen LogP contribution in [0.4, 0.5) is 0 Å². The van der Waals surface area contributed by atoms with Gasteiger partial charge in [0.15, 0.2) is 0 Å². The second-order valence-corrected chi connectivity index (χ2v) is 17.3. The summed E-state index contributed by atoms with van der Waals surface area (Å²) in [6, 6.07) is 0. The molecule has 0 aliphatic heterocycles. The molecule has 7 nitrogen and oxygen atoms in total. The summed E-state index contributed by atoms with van der Waals surface area (Å²) < 4.78 is 34.8. The molecular weight excluding hydrogens is 708 g/mol. The van der Waals surface area contributed by atoms with E-state index in [9.17, 15) is 17.8 Å². The minimum atomic E-state index is -4.50. The van der Waals surface area contributed by atoms with Crippen LogP contribution in [-0.2, 0) is 19.4 Å². The maximum absolute atomic E-state index is 10.3. The summed E-state index contributed by atoms with van der Waals surface area (Å²) in [7, 11) is -4.50. The quantitative estimate of drug-likeness (QED) is 0.0276. The second kappa shape index (κ2) is 49.4. The van der Waals surface area contributed by atoms with Crippen LogP contribution in [0.25, 0.3) is 0 Å². The maximum atomic E-state index is 10.3. The molecule has 0 aromatic carbocycles. The van der Waals surface area contributed by atoms with Crippen molar-refractivity contribution < 1.29 is 61.7 Å². The molecule has 2 N–H and O–H groups in total. The minimum absolute atomic E-state index is 0. The van der Waals surface area contributed by atoms with Crippen LogP contribution in [0.3, 0.4) is 0 Å². The van der Waals surface area contributed by atoms with Gasteiger partial charge in [0, 0.05) is 13.0 Å². The van der Waals surface area contributed by atoms with E-state index in [-0.39, 0.29) is 36.2 Å². The fraction of sp³-hybridized carbons (Fsp3) is 0.978. The smallest absolute Gasteiger partial charge is 0.726 e. The first-order chi connectivity index (χ1) is 25.4. The van der Waals surface area contributed by atoms with Crippen LogP contribution in [0.15, 0.2) is 0 Å². The van der Waals surface area contributed by atoms with E-state index >= 15 is 0 Å². The van der Waals surface area contributed by atoms with Crippen molar-refractivity contribution in [2.75, 3.05) is 13.2 Å². The molecule has 0 bridgehead atoms. The predicted octanol–water partition coefficient (Wildman–Crippen LogP) is 11.4. The third-order valence-corrected chi connectivity index (χ3v) is 10.9. The molecule has 0 radical (unpaired) electrons. The Kier molecular flexibility index (Phi) is 55.8. The van der Waals surface area contributed by atoms with Gasteiger partial charge >= 0.3 is 35.5 Å². The Morgan fingerprint density at radius 2 is 0.778 bits per heavy atom. The van der Waals surface area contributed by atoms with Crippen LogP contribution in [0.1, 0.15) is 253 Å². The van der Waals surface area contributed by atoms with Crippen molar-refractivity contribution in [2.24, 2.45) is 17.8 Å². The topological polar surface area (TPSA) is 124 Å². The van der Waals surface area contributed by atoms with Crippen LogP contribution < -0.4 is 29.6 Å². The molecule has 0 rings (SSSR count). The van der Waals surface area contributed by atoms with Gasteiger partial charge in [-0.3, -0.25) is 8.98 Å². The molecule has 0 aliphatic carbocycles. The molecule has 0 aromatic rings. The summed E-state index contributed by atoms with van der Waals surface area (Å²) in [5.74, 6) is 1.75. The molecule has 0 aliphatic rings. The Balaban J connectivity index is -0.000000346. The number of carboxylic acid groups (broad SMARTS) is 1. The van der Waals surface area contributed by atoms with E-state index in [4.69, 9.17) is 10.2 Å². The number of rotatable bonds is 38. The first-order valence-electron chi connectivity index (χ1n) is 22.9. The van der Waals surface area contributed by atoms with Crippen molar-refractivity contribution in [1.82, 2.24) is 0 Å². The number of unbranched alkanes of at least 4 members (excludes halogenated alkanes) is 20. The number of hydrogen-bond acceptors (Lipinski definition) is 6. The van der Waals surface area contributed by atoms with E-state index in [2.05, 4.69) is 45.7 Å². The average Bonchev–Trinajstić information content (AvgIpc) is 3.11. The van der Waals surface area contributed by atoms with Crippen molar-refractivity contribution in [3.05, 3.63) is 0 Å². The molecule has 0 saturated carbocycles. The van der Waals surface area contributed by atoms with E-state index in [0.29, 0.717) is 19.4 Å². The minimum Gasteiger partial charge on any atom is -0.726 e. The summed E-state index contributed by atoms with van der Waals surface area (Å²) >= 11 is 0. The van der Waals surface area contributed by atoms with Crippen LogP contribution in [0, 0.1) is 17.8 Å². The fourth-order valence-electron chi connectivity index (χ4n) is 6.74. The molecule has 3 atom stereocenters. The zero-order chi connectivity index (χ0) is 40.3. The normalized spacial score (nSPS) is 12.8. The molecule has 0 heterocycles. The molecule has 3 unspecified atom stereocenters.